The number of pyridine rings is 1. The number of anilines is 1. The molecule has 5 heteroatoms. The molecule has 2 aromatic rings. The largest absolute Gasteiger partial charge is 0.457 e. The van der Waals surface area contributed by atoms with Crippen molar-refractivity contribution < 1.29 is 13.9 Å². The van der Waals surface area contributed by atoms with Gasteiger partial charge in [0.25, 0.3) is 0 Å². The van der Waals surface area contributed by atoms with Crippen molar-refractivity contribution in [3.63, 3.8) is 0 Å². The summed E-state index contributed by atoms with van der Waals surface area (Å²) in [4.78, 5) is 18.7. The van der Waals surface area contributed by atoms with Crippen LogP contribution in [0.15, 0.2) is 42.6 Å². The van der Waals surface area contributed by atoms with Crippen molar-refractivity contribution in [1.29, 1.82) is 0 Å². The van der Waals surface area contributed by atoms with E-state index in [0.717, 1.165) is 31.5 Å². The SMILES string of the molecule is O=C(OCc1ccc(F)cc1)c1cccnc1N1CCCC1. The number of aromatic nitrogens is 1. The van der Waals surface area contributed by atoms with Crippen LogP contribution in [0.5, 0.6) is 0 Å². The highest BCUT2D eigenvalue weighted by molar-refractivity contribution is 5.94. The number of rotatable bonds is 4. The lowest BCUT2D eigenvalue weighted by molar-refractivity contribution is 0.0473. The van der Waals surface area contributed by atoms with Gasteiger partial charge in [-0.05, 0) is 42.7 Å². The Morgan fingerprint density at radius 3 is 2.64 bits per heavy atom. The van der Waals surface area contributed by atoms with Gasteiger partial charge >= 0.3 is 5.97 Å². The van der Waals surface area contributed by atoms with E-state index in [-0.39, 0.29) is 12.4 Å². The molecule has 22 heavy (non-hydrogen) atoms. The van der Waals surface area contributed by atoms with Crippen LogP contribution >= 0.6 is 0 Å². The van der Waals surface area contributed by atoms with Crippen molar-refractivity contribution in [2.45, 2.75) is 19.4 Å². The van der Waals surface area contributed by atoms with E-state index in [0.29, 0.717) is 11.4 Å². The maximum absolute atomic E-state index is 12.9. The molecule has 0 amide bonds. The summed E-state index contributed by atoms with van der Waals surface area (Å²) in [5, 5.41) is 0. The Kier molecular flexibility index (Phi) is 4.32. The third-order valence-corrected chi connectivity index (χ3v) is 3.70. The van der Waals surface area contributed by atoms with Crippen LogP contribution in [0.4, 0.5) is 10.2 Å². The first-order chi connectivity index (χ1) is 10.7. The number of nitrogens with zero attached hydrogens (tertiary/aromatic N) is 2. The molecule has 0 atom stereocenters. The predicted octanol–water partition coefficient (Wildman–Crippen LogP) is 3.18. The number of carbonyl (C=O) groups is 1. The number of carbonyl (C=O) groups excluding carboxylic acids is 1. The van der Waals surface area contributed by atoms with Crippen molar-refractivity contribution in [2.75, 3.05) is 18.0 Å². The molecule has 0 radical (unpaired) electrons. The second kappa shape index (κ2) is 6.56. The zero-order valence-corrected chi connectivity index (χ0v) is 12.2. The fraction of sp³-hybridized carbons (Fsp3) is 0.294. The van der Waals surface area contributed by atoms with Crippen molar-refractivity contribution in [3.05, 3.63) is 59.5 Å². The Labute approximate surface area is 128 Å². The molecule has 1 aliphatic heterocycles. The minimum atomic E-state index is -0.403. The van der Waals surface area contributed by atoms with Gasteiger partial charge in [0.2, 0.25) is 0 Å². The molecule has 4 nitrogen and oxygen atoms in total. The van der Waals surface area contributed by atoms with Crippen LogP contribution in [0.3, 0.4) is 0 Å². The summed E-state index contributed by atoms with van der Waals surface area (Å²) >= 11 is 0. The third kappa shape index (κ3) is 3.24. The molecule has 2 heterocycles. The minimum Gasteiger partial charge on any atom is -0.457 e. The Hall–Kier alpha value is -2.43. The van der Waals surface area contributed by atoms with Gasteiger partial charge in [0.05, 0.1) is 0 Å². The molecule has 0 bridgehead atoms. The molecule has 3 rings (SSSR count). The van der Waals surface area contributed by atoms with Crippen molar-refractivity contribution in [2.24, 2.45) is 0 Å². The summed E-state index contributed by atoms with van der Waals surface area (Å²) in [6.45, 7) is 1.94. The van der Waals surface area contributed by atoms with Gasteiger partial charge in [0.15, 0.2) is 0 Å². The van der Waals surface area contributed by atoms with Gasteiger partial charge in [-0.3, -0.25) is 0 Å². The molecule has 114 valence electrons. The Morgan fingerprint density at radius 2 is 1.91 bits per heavy atom. The molecule has 0 saturated carbocycles. The second-order valence-corrected chi connectivity index (χ2v) is 5.27. The van der Waals surface area contributed by atoms with E-state index in [2.05, 4.69) is 9.88 Å². The number of benzene rings is 1. The van der Waals surface area contributed by atoms with Crippen LogP contribution in [0.2, 0.25) is 0 Å². The van der Waals surface area contributed by atoms with Gasteiger partial charge in [0, 0.05) is 19.3 Å². The van der Waals surface area contributed by atoms with E-state index < -0.39 is 5.97 Å². The van der Waals surface area contributed by atoms with Gasteiger partial charge in [-0.2, -0.15) is 0 Å². The minimum absolute atomic E-state index is 0.118. The van der Waals surface area contributed by atoms with Gasteiger partial charge < -0.3 is 9.64 Å². The quantitative estimate of drug-likeness (QED) is 0.813. The molecule has 0 N–H and O–H groups in total. The normalized spacial score (nSPS) is 14.1. The molecule has 1 fully saturated rings. The molecule has 0 aliphatic carbocycles. The summed E-state index contributed by atoms with van der Waals surface area (Å²) < 4.78 is 18.2. The molecule has 0 unspecified atom stereocenters. The zero-order valence-electron chi connectivity index (χ0n) is 12.2. The first-order valence-electron chi connectivity index (χ1n) is 7.35. The van der Waals surface area contributed by atoms with Crippen LogP contribution < -0.4 is 4.90 Å². The summed E-state index contributed by atoms with van der Waals surface area (Å²) in [5.41, 5.74) is 1.23. The predicted molar refractivity (Wildman–Crippen MR) is 81.2 cm³/mol. The van der Waals surface area contributed by atoms with Crippen molar-refractivity contribution in [3.8, 4) is 0 Å². The Morgan fingerprint density at radius 1 is 1.18 bits per heavy atom. The van der Waals surface area contributed by atoms with Crippen LogP contribution in [0.25, 0.3) is 0 Å². The van der Waals surface area contributed by atoms with E-state index in [4.69, 9.17) is 4.74 Å². The molecular weight excluding hydrogens is 283 g/mol. The lowest BCUT2D eigenvalue weighted by Gasteiger charge is -2.18. The van der Waals surface area contributed by atoms with Crippen molar-refractivity contribution >= 4 is 11.8 Å². The summed E-state index contributed by atoms with van der Waals surface area (Å²) in [6.07, 6.45) is 3.91. The maximum atomic E-state index is 12.9. The van der Waals surface area contributed by atoms with Gasteiger partial charge in [-0.25, -0.2) is 14.2 Å². The monoisotopic (exact) mass is 300 g/mol. The molecule has 1 saturated heterocycles. The second-order valence-electron chi connectivity index (χ2n) is 5.27. The fourth-order valence-electron chi connectivity index (χ4n) is 2.54. The van der Waals surface area contributed by atoms with Gasteiger partial charge in [0.1, 0.15) is 23.8 Å². The highest BCUT2D eigenvalue weighted by Gasteiger charge is 2.21. The van der Waals surface area contributed by atoms with Crippen LogP contribution in [0.1, 0.15) is 28.8 Å². The fourth-order valence-corrected chi connectivity index (χ4v) is 2.54. The summed E-state index contributed by atoms with van der Waals surface area (Å²) in [6, 6.07) is 9.37. The van der Waals surface area contributed by atoms with Gasteiger partial charge in [-0.15, -0.1) is 0 Å². The third-order valence-electron chi connectivity index (χ3n) is 3.70. The molecule has 1 aliphatic rings. The Bertz CT molecular complexity index is 652. The number of ether oxygens (including phenoxy) is 1. The molecule has 1 aromatic carbocycles. The van der Waals surface area contributed by atoms with Gasteiger partial charge in [-0.1, -0.05) is 12.1 Å². The molecular formula is C17H17FN2O2. The van der Waals surface area contributed by atoms with Crippen molar-refractivity contribution in [1.82, 2.24) is 4.98 Å². The molecule has 0 spiro atoms. The molecule has 1 aromatic heterocycles. The summed E-state index contributed by atoms with van der Waals surface area (Å²) in [7, 11) is 0. The highest BCUT2D eigenvalue weighted by Crippen LogP contribution is 2.22. The standard InChI is InChI=1S/C17H17FN2O2/c18-14-7-5-13(6-8-14)12-22-17(21)15-4-3-9-19-16(15)20-10-1-2-11-20/h3-9H,1-2,10-12H2. The van der Waals surface area contributed by atoms with E-state index in [1.165, 1.54) is 12.1 Å². The smallest absolute Gasteiger partial charge is 0.342 e. The first-order valence-corrected chi connectivity index (χ1v) is 7.35. The average molecular weight is 300 g/mol. The van der Waals surface area contributed by atoms with E-state index in [9.17, 15) is 9.18 Å². The van der Waals surface area contributed by atoms with E-state index in [1.807, 2.05) is 0 Å². The number of hydrogen-bond donors (Lipinski definition) is 0. The van der Waals surface area contributed by atoms with E-state index >= 15 is 0 Å². The number of esters is 1. The summed E-state index contributed by atoms with van der Waals surface area (Å²) in [5.74, 6) is -0.0258. The zero-order chi connectivity index (χ0) is 15.4. The lowest BCUT2D eigenvalue weighted by atomic mass is 10.2. The lowest BCUT2D eigenvalue weighted by Crippen LogP contribution is -2.22. The average Bonchev–Trinajstić information content (AvgIpc) is 3.08. The first kappa shape index (κ1) is 14.5. The highest BCUT2D eigenvalue weighted by atomic mass is 19.1. The topological polar surface area (TPSA) is 42.4 Å². The van der Waals surface area contributed by atoms with E-state index in [1.54, 1.807) is 30.5 Å². The van der Waals surface area contributed by atoms with Crippen LogP contribution in [-0.2, 0) is 11.3 Å². The maximum Gasteiger partial charge on any atom is 0.342 e. The number of hydrogen-bond acceptors (Lipinski definition) is 4. The Balaban J connectivity index is 1.70. The van der Waals surface area contributed by atoms with Crippen LogP contribution in [0, 0.1) is 5.82 Å². The number of halogens is 1. The van der Waals surface area contributed by atoms with Crippen LogP contribution in [-0.4, -0.2) is 24.0 Å².